The highest BCUT2D eigenvalue weighted by molar-refractivity contribution is 5.80. The van der Waals surface area contributed by atoms with Gasteiger partial charge < -0.3 is 9.97 Å². The monoisotopic (exact) mass is 302 g/mol. The molecule has 0 saturated carbocycles. The molecule has 0 fully saturated rings. The van der Waals surface area contributed by atoms with Gasteiger partial charge >= 0.3 is 0 Å². The summed E-state index contributed by atoms with van der Waals surface area (Å²) in [6, 6.07) is 12.9. The number of imidazole rings is 2. The predicted molar refractivity (Wildman–Crippen MR) is 91.6 cm³/mol. The fraction of sp³-hybridized carbons (Fsp3) is 0.263. The van der Waals surface area contributed by atoms with Gasteiger partial charge in [-0.2, -0.15) is 0 Å². The van der Waals surface area contributed by atoms with Crippen LogP contribution >= 0.6 is 0 Å². The number of aromatic amines is 2. The average molecular weight is 302 g/mol. The maximum atomic E-state index is 4.84. The number of aromatic nitrogens is 4. The maximum absolute atomic E-state index is 4.84. The third-order valence-electron chi connectivity index (χ3n) is 4.78. The second-order valence-electron chi connectivity index (χ2n) is 6.35. The summed E-state index contributed by atoms with van der Waals surface area (Å²) in [5, 5.41) is 0. The molecule has 0 spiro atoms. The number of para-hydroxylation sites is 2. The molecule has 4 nitrogen and oxygen atoms in total. The second kappa shape index (κ2) is 4.95. The lowest BCUT2D eigenvalue weighted by molar-refractivity contribution is 0.759. The molecule has 2 aromatic carbocycles. The molecule has 4 bridgehead atoms. The van der Waals surface area contributed by atoms with Crippen molar-refractivity contribution >= 4 is 22.1 Å². The Morgan fingerprint density at radius 3 is 1.70 bits per heavy atom. The minimum atomic E-state index is 0.956. The van der Waals surface area contributed by atoms with Gasteiger partial charge in [0.1, 0.15) is 11.6 Å². The molecule has 0 radical (unpaired) electrons. The number of hydrogen-bond acceptors (Lipinski definition) is 2. The van der Waals surface area contributed by atoms with Crippen LogP contribution in [0.4, 0.5) is 0 Å². The van der Waals surface area contributed by atoms with E-state index in [9.17, 15) is 0 Å². The second-order valence-corrected chi connectivity index (χ2v) is 6.35. The van der Waals surface area contributed by atoms with Crippen molar-refractivity contribution < 1.29 is 0 Å². The summed E-state index contributed by atoms with van der Waals surface area (Å²) in [5.41, 5.74) is 7.22. The predicted octanol–water partition coefficient (Wildman–Crippen LogP) is 3.71. The number of aryl methyl sites for hydroxylation is 4. The van der Waals surface area contributed by atoms with Gasteiger partial charge in [-0.15, -0.1) is 0 Å². The Labute approximate surface area is 134 Å². The van der Waals surface area contributed by atoms with E-state index in [1.165, 1.54) is 11.1 Å². The van der Waals surface area contributed by atoms with Gasteiger partial charge in [-0.05, 0) is 42.5 Å². The Bertz CT molecular complexity index is 927. The fourth-order valence-corrected chi connectivity index (χ4v) is 3.62. The number of nitrogens with zero attached hydrogens (tertiary/aromatic N) is 2. The van der Waals surface area contributed by atoms with E-state index < -0.39 is 0 Å². The quantitative estimate of drug-likeness (QED) is 0.520. The Hall–Kier alpha value is -2.62. The van der Waals surface area contributed by atoms with Crippen molar-refractivity contribution in [2.75, 3.05) is 0 Å². The van der Waals surface area contributed by atoms with E-state index in [0.717, 1.165) is 65.8 Å². The number of hydrogen-bond donors (Lipinski definition) is 2. The number of H-pyrrole nitrogens is 2. The number of benzene rings is 2. The zero-order chi connectivity index (χ0) is 15.2. The molecule has 114 valence electrons. The van der Waals surface area contributed by atoms with Crippen LogP contribution in [-0.2, 0) is 25.7 Å². The van der Waals surface area contributed by atoms with Crippen molar-refractivity contribution in [3.63, 3.8) is 0 Å². The van der Waals surface area contributed by atoms with Gasteiger partial charge in [0.25, 0.3) is 0 Å². The first-order valence-electron chi connectivity index (χ1n) is 8.30. The zero-order valence-electron chi connectivity index (χ0n) is 12.9. The fourth-order valence-electron chi connectivity index (χ4n) is 3.62. The molecule has 0 atom stereocenters. The Balaban J connectivity index is 1.66. The Morgan fingerprint density at radius 1 is 0.652 bits per heavy atom. The van der Waals surface area contributed by atoms with Gasteiger partial charge in [0.05, 0.1) is 22.1 Å². The van der Waals surface area contributed by atoms with Crippen molar-refractivity contribution in [1.29, 1.82) is 0 Å². The minimum Gasteiger partial charge on any atom is -0.342 e. The van der Waals surface area contributed by atoms with Gasteiger partial charge in [0.15, 0.2) is 0 Å². The van der Waals surface area contributed by atoms with E-state index >= 15 is 0 Å². The van der Waals surface area contributed by atoms with E-state index in [4.69, 9.17) is 9.97 Å². The third-order valence-corrected chi connectivity index (χ3v) is 4.78. The number of rotatable bonds is 0. The van der Waals surface area contributed by atoms with Crippen molar-refractivity contribution in [2.24, 2.45) is 0 Å². The van der Waals surface area contributed by atoms with Crippen LogP contribution in [0.2, 0.25) is 0 Å². The highest BCUT2D eigenvalue weighted by Crippen LogP contribution is 2.23. The highest BCUT2D eigenvalue weighted by Gasteiger charge is 2.12. The molecule has 0 amide bonds. The van der Waals surface area contributed by atoms with Crippen LogP contribution in [-0.4, -0.2) is 19.9 Å². The van der Waals surface area contributed by atoms with E-state index in [2.05, 4.69) is 46.4 Å². The average Bonchev–Trinajstić information content (AvgIpc) is 3.15. The third kappa shape index (κ3) is 2.13. The largest absolute Gasteiger partial charge is 0.342 e. The molecular formula is C19H18N4. The molecular weight excluding hydrogens is 284 g/mol. The topological polar surface area (TPSA) is 57.4 Å². The summed E-state index contributed by atoms with van der Waals surface area (Å²) in [5.74, 6) is 2.17. The van der Waals surface area contributed by atoms with Crippen LogP contribution in [0.1, 0.15) is 29.2 Å². The van der Waals surface area contributed by atoms with Crippen LogP contribution in [0.15, 0.2) is 36.4 Å². The maximum Gasteiger partial charge on any atom is 0.107 e. The molecule has 1 aliphatic rings. The molecule has 23 heavy (non-hydrogen) atoms. The SMILES string of the molecule is c1cc2c3nc([nH]c3c1)CCCc1nc3c(cccc3[nH]1)CC2. The summed E-state index contributed by atoms with van der Waals surface area (Å²) in [6.07, 6.45) is 4.94. The Kier molecular flexibility index (Phi) is 2.77. The Morgan fingerprint density at radius 2 is 1.17 bits per heavy atom. The van der Waals surface area contributed by atoms with E-state index in [-0.39, 0.29) is 0 Å². The van der Waals surface area contributed by atoms with Gasteiger partial charge in [0, 0.05) is 12.8 Å². The summed E-state index contributed by atoms with van der Waals surface area (Å²) in [7, 11) is 0. The first-order chi connectivity index (χ1) is 11.4. The normalized spacial score (nSPS) is 15.0. The van der Waals surface area contributed by atoms with Crippen molar-refractivity contribution in [3.05, 3.63) is 59.2 Å². The summed E-state index contributed by atoms with van der Waals surface area (Å²) >= 11 is 0. The van der Waals surface area contributed by atoms with Gasteiger partial charge in [-0.25, -0.2) is 9.97 Å². The molecule has 3 heterocycles. The minimum absolute atomic E-state index is 0.956. The molecule has 2 N–H and O–H groups in total. The first kappa shape index (κ1) is 12.9. The highest BCUT2D eigenvalue weighted by atomic mass is 14.9. The lowest BCUT2D eigenvalue weighted by atomic mass is 10.0. The van der Waals surface area contributed by atoms with Crippen LogP contribution in [0.3, 0.4) is 0 Å². The lowest BCUT2D eigenvalue weighted by Gasteiger charge is -2.04. The lowest BCUT2D eigenvalue weighted by Crippen LogP contribution is -1.94. The number of nitrogens with one attached hydrogen (secondary N) is 2. The summed E-state index contributed by atoms with van der Waals surface area (Å²) in [6.45, 7) is 0. The smallest absolute Gasteiger partial charge is 0.107 e. The van der Waals surface area contributed by atoms with Gasteiger partial charge in [-0.1, -0.05) is 24.3 Å². The van der Waals surface area contributed by atoms with Crippen LogP contribution < -0.4 is 0 Å². The molecule has 1 aliphatic heterocycles. The summed E-state index contributed by atoms with van der Waals surface area (Å²) in [4.78, 5) is 16.6. The molecule has 5 rings (SSSR count). The van der Waals surface area contributed by atoms with E-state index in [0.29, 0.717) is 0 Å². The van der Waals surface area contributed by atoms with Gasteiger partial charge in [0.2, 0.25) is 0 Å². The molecule has 4 aromatic rings. The van der Waals surface area contributed by atoms with Crippen molar-refractivity contribution in [3.8, 4) is 0 Å². The van der Waals surface area contributed by atoms with Gasteiger partial charge in [-0.3, -0.25) is 0 Å². The molecule has 2 aromatic heterocycles. The molecule has 4 heteroatoms. The zero-order valence-corrected chi connectivity index (χ0v) is 12.9. The molecule has 0 unspecified atom stereocenters. The molecule has 0 aliphatic carbocycles. The first-order valence-corrected chi connectivity index (χ1v) is 8.30. The van der Waals surface area contributed by atoms with Crippen LogP contribution in [0.25, 0.3) is 22.1 Å². The van der Waals surface area contributed by atoms with Crippen LogP contribution in [0, 0.1) is 0 Å². The molecule has 0 saturated heterocycles. The standard InChI is InChI=1S/C19H18N4/c1-4-12-10-11-13-5-2-7-15-19(13)23-17(21-15)9-3-8-16-20-14(6-1)18(12)22-16/h1-2,4-7H,3,8-11H2,(H,20,22)(H,21,23). The van der Waals surface area contributed by atoms with E-state index in [1.54, 1.807) is 0 Å². The van der Waals surface area contributed by atoms with Crippen LogP contribution in [0.5, 0.6) is 0 Å². The van der Waals surface area contributed by atoms with E-state index in [1.807, 2.05) is 0 Å². The number of fused-ring (bicyclic) bond motifs is 2. The van der Waals surface area contributed by atoms with Crippen molar-refractivity contribution in [2.45, 2.75) is 32.1 Å². The summed E-state index contributed by atoms with van der Waals surface area (Å²) < 4.78 is 0. The van der Waals surface area contributed by atoms with Crippen molar-refractivity contribution in [1.82, 2.24) is 19.9 Å².